The van der Waals surface area contributed by atoms with E-state index in [2.05, 4.69) is 28.6 Å². The molecule has 0 radical (unpaired) electrons. The monoisotopic (exact) mass is 199 g/mol. The SMILES string of the molecule is C=CS(=O)(=O)C=C.c1cnnnc1. The lowest BCUT2D eigenvalue weighted by molar-refractivity contribution is 0.613. The molecule has 0 saturated heterocycles. The predicted octanol–water partition coefficient (Wildman–Crippen LogP) is 0.560. The number of sulfone groups is 1. The van der Waals surface area contributed by atoms with Crippen molar-refractivity contribution in [2.75, 3.05) is 0 Å². The summed E-state index contributed by atoms with van der Waals surface area (Å²) in [6.07, 6.45) is 3.15. The molecule has 0 fully saturated rings. The van der Waals surface area contributed by atoms with E-state index in [1.165, 1.54) is 0 Å². The molecule has 5 nitrogen and oxygen atoms in total. The predicted molar refractivity (Wildman–Crippen MR) is 49.1 cm³/mol. The van der Waals surface area contributed by atoms with E-state index in [1.807, 2.05) is 0 Å². The molecule has 0 saturated carbocycles. The van der Waals surface area contributed by atoms with Crippen LogP contribution in [0.15, 0.2) is 42.4 Å². The van der Waals surface area contributed by atoms with Gasteiger partial charge in [0.25, 0.3) is 0 Å². The topological polar surface area (TPSA) is 72.8 Å². The molecule has 0 aliphatic rings. The highest BCUT2D eigenvalue weighted by Crippen LogP contribution is 1.87. The molecule has 1 aromatic rings. The first-order valence-corrected chi connectivity index (χ1v) is 4.81. The standard InChI is InChI=1S/C4H6O2S.C3H3N3/c1-3-7(5,6)4-2;1-2-4-6-5-3-1/h3-4H,1-2H2;1-3H. The van der Waals surface area contributed by atoms with Gasteiger partial charge in [-0.05, 0) is 11.3 Å². The number of hydrogen-bond donors (Lipinski definition) is 0. The van der Waals surface area contributed by atoms with Gasteiger partial charge in [0, 0.05) is 10.8 Å². The van der Waals surface area contributed by atoms with Gasteiger partial charge in [-0.15, -0.1) is 10.2 Å². The van der Waals surface area contributed by atoms with Crippen LogP contribution in [0.25, 0.3) is 0 Å². The summed E-state index contributed by atoms with van der Waals surface area (Å²) in [6.45, 7) is 6.09. The summed E-state index contributed by atoms with van der Waals surface area (Å²) in [5.74, 6) is 0. The van der Waals surface area contributed by atoms with Crippen LogP contribution in [0.1, 0.15) is 0 Å². The molecule has 1 aromatic heterocycles. The summed E-state index contributed by atoms with van der Waals surface area (Å²) < 4.78 is 20.3. The molecular weight excluding hydrogens is 190 g/mol. The largest absolute Gasteiger partial charge is 0.220 e. The van der Waals surface area contributed by atoms with Gasteiger partial charge in [0.05, 0.1) is 12.4 Å². The van der Waals surface area contributed by atoms with Crippen molar-refractivity contribution < 1.29 is 8.42 Å². The van der Waals surface area contributed by atoms with Gasteiger partial charge in [-0.3, -0.25) is 0 Å². The minimum absolute atomic E-state index is 0.847. The van der Waals surface area contributed by atoms with Gasteiger partial charge < -0.3 is 0 Å². The fourth-order valence-electron chi connectivity index (χ4n) is 0.273. The molecule has 0 N–H and O–H groups in total. The van der Waals surface area contributed by atoms with Crippen LogP contribution in [-0.4, -0.2) is 23.8 Å². The van der Waals surface area contributed by atoms with E-state index in [0.717, 1.165) is 10.8 Å². The minimum atomic E-state index is -3.13. The zero-order valence-electron chi connectivity index (χ0n) is 6.87. The van der Waals surface area contributed by atoms with E-state index in [1.54, 1.807) is 18.5 Å². The van der Waals surface area contributed by atoms with Crippen LogP contribution < -0.4 is 0 Å². The number of hydrogen-bond acceptors (Lipinski definition) is 5. The molecule has 0 amide bonds. The van der Waals surface area contributed by atoms with Gasteiger partial charge >= 0.3 is 0 Å². The number of aromatic nitrogens is 3. The Hall–Kier alpha value is -1.56. The maximum atomic E-state index is 10.1. The van der Waals surface area contributed by atoms with Gasteiger partial charge in [0.15, 0.2) is 9.84 Å². The molecule has 0 aliphatic heterocycles. The molecular formula is C7H9N3O2S. The molecule has 1 rings (SSSR count). The summed E-state index contributed by atoms with van der Waals surface area (Å²) in [4.78, 5) is 0. The third-order valence-electron chi connectivity index (χ3n) is 0.873. The minimum Gasteiger partial charge on any atom is -0.220 e. The van der Waals surface area contributed by atoms with Crippen molar-refractivity contribution >= 4 is 9.84 Å². The Kier molecular flexibility index (Phi) is 5.29. The highest BCUT2D eigenvalue weighted by atomic mass is 32.2. The summed E-state index contributed by atoms with van der Waals surface area (Å²) in [5.41, 5.74) is 0. The van der Waals surface area contributed by atoms with Crippen LogP contribution >= 0.6 is 0 Å². The van der Waals surface area contributed by atoms with Gasteiger partial charge in [0.1, 0.15) is 0 Å². The van der Waals surface area contributed by atoms with Crippen LogP contribution in [0, 0.1) is 0 Å². The van der Waals surface area contributed by atoms with E-state index >= 15 is 0 Å². The molecule has 70 valence electrons. The second-order valence-electron chi connectivity index (χ2n) is 1.73. The molecule has 1 heterocycles. The van der Waals surface area contributed by atoms with E-state index in [9.17, 15) is 8.42 Å². The van der Waals surface area contributed by atoms with Crippen LogP contribution in [0.2, 0.25) is 0 Å². The van der Waals surface area contributed by atoms with Gasteiger partial charge in [-0.25, -0.2) is 8.42 Å². The second-order valence-corrected chi connectivity index (χ2v) is 3.58. The normalized spacial score (nSPS) is 9.23. The zero-order valence-corrected chi connectivity index (χ0v) is 7.68. The average Bonchev–Trinajstić information content (AvgIpc) is 2.21. The highest BCUT2D eigenvalue weighted by Gasteiger charge is 1.90. The first kappa shape index (κ1) is 11.4. The Morgan fingerprint density at radius 1 is 1.08 bits per heavy atom. The molecule has 0 aromatic carbocycles. The Morgan fingerprint density at radius 3 is 1.62 bits per heavy atom. The summed E-state index contributed by atoms with van der Waals surface area (Å²) in [7, 11) is -3.13. The van der Waals surface area contributed by atoms with Crippen molar-refractivity contribution in [3.63, 3.8) is 0 Å². The highest BCUT2D eigenvalue weighted by molar-refractivity contribution is 7.97. The van der Waals surface area contributed by atoms with Crippen molar-refractivity contribution in [2.45, 2.75) is 0 Å². The Bertz CT molecular complexity index is 307. The lowest BCUT2D eigenvalue weighted by Gasteiger charge is -1.78. The van der Waals surface area contributed by atoms with Crippen molar-refractivity contribution in [2.24, 2.45) is 0 Å². The van der Waals surface area contributed by atoms with E-state index < -0.39 is 9.84 Å². The van der Waals surface area contributed by atoms with Gasteiger partial charge in [-0.1, -0.05) is 13.2 Å². The summed E-state index contributed by atoms with van der Waals surface area (Å²) in [6, 6.07) is 1.72. The first-order chi connectivity index (χ1) is 6.12. The molecule has 0 spiro atoms. The number of nitrogens with zero attached hydrogens (tertiary/aromatic N) is 3. The fourth-order valence-corrected chi connectivity index (χ4v) is 0.409. The third-order valence-corrected chi connectivity index (χ3v) is 1.80. The van der Waals surface area contributed by atoms with Crippen molar-refractivity contribution in [3.8, 4) is 0 Å². The first-order valence-electron chi connectivity index (χ1n) is 3.20. The second kappa shape index (κ2) is 6.01. The maximum absolute atomic E-state index is 10.1. The zero-order chi connectivity index (χ0) is 10.2. The van der Waals surface area contributed by atoms with Crippen molar-refractivity contribution in [1.82, 2.24) is 15.4 Å². The molecule has 0 atom stereocenters. The fraction of sp³-hybridized carbons (Fsp3) is 0. The van der Waals surface area contributed by atoms with Crippen molar-refractivity contribution in [3.05, 3.63) is 42.4 Å². The van der Waals surface area contributed by atoms with Crippen LogP contribution in [0.4, 0.5) is 0 Å². The summed E-state index contributed by atoms with van der Waals surface area (Å²) >= 11 is 0. The van der Waals surface area contributed by atoms with E-state index in [4.69, 9.17) is 0 Å². The maximum Gasteiger partial charge on any atom is 0.191 e. The smallest absolute Gasteiger partial charge is 0.191 e. The van der Waals surface area contributed by atoms with Gasteiger partial charge in [0.2, 0.25) is 0 Å². The molecule has 13 heavy (non-hydrogen) atoms. The molecule has 0 unspecified atom stereocenters. The van der Waals surface area contributed by atoms with Gasteiger partial charge in [-0.2, -0.15) is 0 Å². The quantitative estimate of drug-likeness (QED) is 0.695. The molecule has 0 aliphatic carbocycles. The van der Waals surface area contributed by atoms with E-state index in [0.29, 0.717) is 0 Å². The summed E-state index contributed by atoms with van der Waals surface area (Å²) in [5, 5.41) is 11.8. The Labute approximate surface area is 76.7 Å². The lowest BCUT2D eigenvalue weighted by Crippen LogP contribution is -1.83. The van der Waals surface area contributed by atoms with Crippen LogP contribution in [-0.2, 0) is 9.84 Å². The Morgan fingerprint density at radius 2 is 1.54 bits per heavy atom. The third kappa shape index (κ3) is 6.82. The average molecular weight is 199 g/mol. The molecule has 0 bridgehead atoms. The van der Waals surface area contributed by atoms with E-state index in [-0.39, 0.29) is 0 Å². The number of rotatable bonds is 2. The van der Waals surface area contributed by atoms with Crippen LogP contribution in [0.3, 0.4) is 0 Å². The van der Waals surface area contributed by atoms with Crippen molar-refractivity contribution in [1.29, 1.82) is 0 Å². The Balaban J connectivity index is 0.000000223. The van der Waals surface area contributed by atoms with Crippen LogP contribution in [0.5, 0.6) is 0 Å². The molecule has 6 heteroatoms. The lowest BCUT2D eigenvalue weighted by atomic mass is 10.7.